The molecule has 0 saturated carbocycles. The SMILES string of the molecule is Cc1cc(NC(=O)NCc2ccnc(Oc3ccc(F)cc3)c2)no1. The number of anilines is 1. The summed E-state index contributed by atoms with van der Waals surface area (Å²) >= 11 is 0. The van der Waals surface area contributed by atoms with Crippen molar-refractivity contribution in [3.05, 3.63) is 65.8 Å². The van der Waals surface area contributed by atoms with Crippen molar-refractivity contribution in [2.24, 2.45) is 0 Å². The van der Waals surface area contributed by atoms with Crippen molar-refractivity contribution in [1.82, 2.24) is 15.5 Å². The fourth-order valence-electron chi connectivity index (χ4n) is 2.01. The van der Waals surface area contributed by atoms with Gasteiger partial charge in [0.1, 0.15) is 17.3 Å². The van der Waals surface area contributed by atoms with E-state index in [1.807, 2.05) is 0 Å². The van der Waals surface area contributed by atoms with Gasteiger partial charge in [-0.25, -0.2) is 14.2 Å². The zero-order chi connectivity index (χ0) is 17.6. The highest BCUT2D eigenvalue weighted by Crippen LogP contribution is 2.20. The van der Waals surface area contributed by atoms with Gasteiger partial charge in [0.2, 0.25) is 5.88 Å². The van der Waals surface area contributed by atoms with Gasteiger partial charge in [0, 0.05) is 24.9 Å². The molecule has 2 amide bonds. The van der Waals surface area contributed by atoms with Crippen LogP contribution >= 0.6 is 0 Å². The Bertz CT molecular complexity index is 864. The number of carbonyl (C=O) groups excluding carboxylic acids is 1. The number of urea groups is 1. The highest BCUT2D eigenvalue weighted by molar-refractivity contribution is 5.88. The number of nitrogens with zero attached hydrogens (tertiary/aromatic N) is 2. The van der Waals surface area contributed by atoms with E-state index in [9.17, 15) is 9.18 Å². The Labute approximate surface area is 142 Å². The van der Waals surface area contributed by atoms with Crippen molar-refractivity contribution < 1.29 is 18.4 Å². The van der Waals surface area contributed by atoms with Crippen LogP contribution in [0.2, 0.25) is 0 Å². The minimum atomic E-state index is -0.411. The lowest BCUT2D eigenvalue weighted by Crippen LogP contribution is -2.28. The number of ether oxygens (including phenoxy) is 1. The van der Waals surface area contributed by atoms with Crippen molar-refractivity contribution in [2.45, 2.75) is 13.5 Å². The molecule has 0 aliphatic carbocycles. The number of aromatic nitrogens is 2. The van der Waals surface area contributed by atoms with Crippen molar-refractivity contribution in [3.63, 3.8) is 0 Å². The monoisotopic (exact) mass is 342 g/mol. The normalized spacial score (nSPS) is 10.3. The maximum atomic E-state index is 12.9. The van der Waals surface area contributed by atoms with Crippen LogP contribution in [0.25, 0.3) is 0 Å². The maximum Gasteiger partial charge on any atom is 0.320 e. The summed E-state index contributed by atoms with van der Waals surface area (Å²) in [4.78, 5) is 15.9. The Hall–Kier alpha value is -3.42. The Kier molecular flexibility index (Phi) is 4.89. The van der Waals surface area contributed by atoms with Crippen LogP contribution in [0.4, 0.5) is 15.0 Å². The average molecular weight is 342 g/mol. The molecule has 0 aliphatic rings. The fourth-order valence-corrected chi connectivity index (χ4v) is 2.01. The zero-order valence-electron chi connectivity index (χ0n) is 13.3. The number of halogens is 1. The Balaban J connectivity index is 1.56. The van der Waals surface area contributed by atoms with E-state index in [1.54, 1.807) is 31.3 Å². The molecule has 7 nitrogen and oxygen atoms in total. The minimum absolute atomic E-state index is 0.269. The summed E-state index contributed by atoms with van der Waals surface area (Å²) in [6, 6.07) is 10.3. The third-order valence-electron chi connectivity index (χ3n) is 3.16. The molecule has 0 unspecified atom stereocenters. The van der Waals surface area contributed by atoms with E-state index >= 15 is 0 Å². The Morgan fingerprint density at radius 1 is 1.24 bits per heavy atom. The average Bonchev–Trinajstić information content (AvgIpc) is 3.00. The van der Waals surface area contributed by atoms with Crippen molar-refractivity contribution in [1.29, 1.82) is 0 Å². The summed E-state index contributed by atoms with van der Waals surface area (Å²) in [5.41, 5.74) is 0.790. The van der Waals surface area contributed by atoms with Gasteiger partial charge in [0.15, 0.2) is 5.82 Å². The molecular formula is C17H15FN4O3. The molecule has 2 aromatic heterocycles. The summed E-state index contributed by atoms with van der Waals surface area (Å²) in [5, 5.41) is 8.92. The lowest BCUT2D eigenvalue weighted by Gasteiger charge is -2.08. The Morgan fingerprint density at radius 3 is 2.76 bits per heavy atom. The van der Waals surface area contributed by atoms with Gasteiger partial charge in [-0.2, -0.15) is 0 Å². The van der Waals surface area contributed by atoms with Gasteiger partial charge in [0.05, 0.1) is 0 Å². The molecular weight excluding hydrogens is 327 g/mol. The number of pyridine rings is 1. The predicted octanol–water partition coefficient (Wildman–Crippen LogP) is 3.63. The van der Waals surface area contributed by atoms with E-state index in [4.69, 9.17) is 9.26 Å². The highest BCUT2D eigenvalue weighted by Gasteiger charge is 2.06. The summed E-state index contributed by atoms with van der Waals surface area (Å²) in [6.07, 6.45) is 1.56. The van der Waals surface area contributed by atoms with Gasteiger partial charge in [-0.15, -0.1) is 0 Å². The second-order valence-electron chi connectivity index (χ2n) is 5.19. The summed E-state index contributed by atoms with van der Waals surface area (Å²) < 4.78 is 23.3. The third-order valence-corrected chi connectivity index (χ3v) is 3.16. The van der Waals surface area contributed by atoms with E-state index in [-0.39, 0.29) is 12.4 Å². The highest BCUT2D eigenvalue weighted by atomic mass is 19.1. The first-order valence-electron chi connectivity index (χ1n) is 7.45. The van der Waals surface area contributed by atoms with Crippen LogP contribution in [0.1, 0.15) is 11.3 Å². The third kappa shape index (κ3) is 4.77. The second-order valence-corrected chi connectivity index (χ2v) is 5.19. The number of hydrogen-bond donors (Lipinski definition) is 2. The number of aryl methyl sites for hydroxylation is 1. The van der Waals surface area contributed by atoms with Crippen LogP contribution in [0.3, 0.4) is 0 Å². The first-order valence-corrected chi connectivity index (χ1v) is 7.45. The second kappa shape index (κ2) is 7.43. The van der Waals surface area contributed by atoms with E-state index in [2.05, 4.69) is 20.8 Å². The molecule has 2 heterocycles. The lowest BCUT2D eigenvalue weighted by molar-refractivity contribution is 0.251. The molecule has 25 heavy (non-hydrogen) atoms. The van der Waals surface area contributed by atoms with Crippen LogP contribution in [0, 0.1) is 12.7 Å². The number of amides is 2. The van der Waals surface area contributed by atoms with Gasteiger partial charge >= 0.3 is 6.03 Å². The number of hydrogen-bond acceptors (Lipinski definition) is 5. The molecule has 0 fully saturated rings. The van der Waals surface area contributed by atoms with Crippen LogP contribution in [0.15, 0.2) is 53.2 Å². The number of benzene rings is 1. The van der Waals surface area contributed by atoms with Gasteiger partial charge in [-0.05, 0) is 42.8 Å². The number of nitrogens with one attached hydrogen (secondary N) is 2. The fraction of sp³-hybridized carbons (Fsp3) is 0.118. The van der Waals surface area contributed by atoms with Crippen LogP contribution in [-0.2, 0) is 6.54 Å². The summed E-state index contributed by atoms with van der Waals surface area (Å²) in [5.74, 6) is 1.42. The predicted molar refractivity (Wildman–Crippen MR) is 87.8 cm³/mol. The molecule has 0 saturated heterocycles. The molecule has 128 valence electrons. The standard InChI is InChI=1S/C17H15FN4O3/c1-11-8-15(22-25-11)21-17(23)20-10-12-6-7-19-16(9-12)24-14-4-2-13(18)3-5-14/h2-9H,10H2,1H3,(H2,20,21,22,23). The van der Waals surface area contributed by atoms with E-state index in [1.165, 1.54) is 24.3 Å². The number of carbonyl (C=O) groups is 1. The molecule has 0 bridgehead atoms. The van der Waals surface area contributed by atoms with E-state index in [0.29, 0.717) is 23.2 Å². The molecule has 1 aromatic carbocycles. The first-order chi connectivity index (χ1) is 12.1. The summed E-state index contributed by atoms with van der Waals surface area (Å²) in [6.45, 7) is 2.00. The molecule has 0 aliphatic heterocycles. The lowest BCUT2D eigenvalue weighted by atomic mass is 10.2. The van der Waals surface area contributed by atoms with Gasteiger partial charge < -0.3 is 14.6 Å². The van der Waals surface area contributed by atoms with Crippen LogP contribution < -0.4 is 15.4 Å². The minimum Gasteiger partial charge on any atom is -0.439 e. The van der Waals surface area contributed by atoms with Gasteiger partial charge in [0.25, 0.3) is 0 Å². The number of rotatable bonds is 5. The van der Waals surface area contributed by atoms with E-state index in [0.717, 1.165) is 5.56 Å². The van der Waals surface area contributed by atoms with Crippen molar-refractivity contribution in [2.75, 3.05) is 5.32 Å². The molecule has 3 rings (SSSR count). The zero-order valence-corrected chi connectivity index (χ0v) is 13.3. The molecule has 0 radical (unpaired) electrons. The molecule has 3 aromatic rings. The van der Waals surface area contributed by atoms with E-state index < -0.39 is 6.03 Å². The Morgan fingerprint density at radius 2 is 2.04 bits per heavy atom. The molecule has 8 heteroatoms. The molecule has 2 N–H and O–H groups in total. The van der Waals surface area contributed by atoms with Gasteiger partial charge in [-0.1, -0.05) is 5.16 Å². The first kappa shape index (κ1) is 16.4. The summed E-state index contributed by atoms with van der Waals surface area (Å²) in [7, 11) is 0. The van der Waals surface area contributed by atoms with Gasteiger partial charge in [-0.3, -0.25) is 5.32 Å². The quantitative estimate of drug-likeness (QED) is 0.739. The van der Waals surface area contributed by atoms with Crippen LogP contribution in [0.5, 0.6) is 11.6 Å². The van der Waals surface area contributed by atoms with Crippen molar-refractivity contribution in [3.8, 4) is 11.6 Å². The molecule has 0 atom stereocenters. The van der Waals surface area contributed by atoms with Crippen LogP contribution in [-0.4, -0.2) is 16.2 Å². The topological polar surface area (TPSA) is 89.3 Å². The largest absolute Gasteiger partial charge is 0.439 e. The van der Waals surface area contributed by atoms with Crippen molar-refractivity contribution >= 4 is 11.8 Å². The maximum absolute atomic E-state index is 12.9. The smallest absolute Gasteiger partial charge is 0.320 e. The molecule has 0 spiro atoms.